The lowest BCUT2D eigenvalue weighted by Crippen LogP contribution is -2.14. The number of rotatable bonds is 5. The summed E-state index contributed by atoms with van der Waals surface area (Å²) in [6.45, 7) is 0. The fraction of sp³-hybridized carbons (Fsp3) is 0.0526. The highest BCUT2D eigenvalue weighted by Crippen LogP contribution is 2.19. The summed E-state index contributed by atoms with van der Waals surface area (Å²) in [4.78, 5) is 20.5. The first kappa shape index (κ1) is 16.9. The van der Waals surface area contributed by atoms with Gasteiger partial charge in [0, 0.05) is 17.4 Å². The Morgan fingerprint density at radius 2 is 1.88 bits per heavy atom. The summed E-state index contributed by atoms with van der Waals surface area (Å²) in [7, 11) is 1.60. The molecule has 128 valence electrons. The van der Waals surface area contributed by atoms with Gasteiger partial charge in [-0.1, -0.05) is 6.07 Å². The van der Waals surface area contributed by atoms with Crippen LogP contribution < -0.4 is 15.4 Å². The number of aromatic nitrogens is 2. The molecule has 0 spiro atoms. The van der Waals surface area contributed by atoms with Gasteiger partial charge in [0.25, 0.3) is 5.91 Å². The number of nitriles is 1. The first-order valence-corrected chi connectivity index (χ1v) is 7.72. The molecule has 7 heteroatoms. The number of nitrogens with zero attached hydrogens (tertiary/aromatic N) is 3. The molecule has 2 aromatic carbocycles. The van der Waals surface area contributed by atoms with Crippen molar-refractivity contribution in [2.75, 3.05) is 17.7 Å². The van der Waals surface area contributed by atoms with Crippen LogP contribution in [0.1, 0.15) is 16.1 Å². The molecule has 26 heavy (non-hydrogen) atoms. The molecule has 7 nitrogen and oxygen atoms in total. The maximum atomic E-state index is 12.2. The molecule has 0 fully saturated rings. The van der Waals surface area contributed by atoms with Crippen molar-refractivity contribution in [2.45, 2.75) is 0 Å². The monoisotopic (exact) mass is 345 g/mol. The summed E-state index contributed by atoms with van der Waals surface area (Å²) in [6, 6.07) is 16.0. The lowest BCUT2D eigenvalue weighted by molar-refractivity contribution is 0.102. The number of hydrogen-bond donors (Lipinski definition) is 2. The van der Waals surface area contributed by atoms with Crippen LogP contribution in [0.5, 0.6) is 5.75 Å². The van der Waals surface area contributed by atoms with Crippen molar-refractivity contribution in [1.82, 2.24) is 9.97 Å². The van der Waals surface area contributed by atoms with Gasteiger partial charge in [-0.05, 0) is 36.4 Å². The minimum absolute atomic E-state index is 0.186. The largest absolute Gasteiger partial charge is 0.497 e. The van der Waals surface area contributed by atoms with Crippen molar-refractivity contribution in [3.05, 3.63) is 72.2 Å². The molecule has 0 aliphatic heterocycles. The standard InChI is InChI=1S/C19H15N5O2/c1-26-16-4-2-3-15(9-16)23-18-12-21-17(11-22-18)19(25)24-14-7-5-13(10-20)6-8-14/h2-9,11-12H,1H3,(H,22,23)(H,24,25). The second kappa shape index (κ2) is 7.77. The van der Waals surface area contributed by atoms with Crippen LogP contribution in [0, 0.1) is 11.3 Å². The zero-order valence-corrected chi connectivity index (χ0v) is 13.9. The third-order valence-corrected chi connectivity index (χ3v) is 3.50. The maximum Gasteiger partial charge on any atom is 0.275 e. The topological polar surface area (TPSA) is 99.9 Å². The smallest absolute Gasteiger partial charge is 0.275 e. The fourth-order valence-electron chi connectivity index (χ4n) is 2.18. The van der Waals surface area contributed by atoms with Gasteiger partial charge in [-0.15, -0.1) is 0 Å². The number of amides is 1. The summed E-state index contributed by atoms with van der Waals surface area (Å²) in [5, 5.41) is 14.6. The lowest BCUT2D eigenvalue weighted by atomic mass is 10.2. The summed E-state index contributed by atoms with van der Waals surface area (Å²) < 4.78 is 5.17. The summed E-state index contributed by atoms with van der Waals surface area (Å²) in [6.07, 6.45) is 2.87. The lowest BCUT2D eigenvalue weighted by Gasteiger charge is -2.08. The number of benzene rings is 2. The summed E-state index contributed by atoms with van der Waals surface area (Å²) in [5.74, 6) is 0.852. The molecule has 0 saturated heterocycles. The quantitative estimate of drug-likeness (QED) is 0.735. The Labute approximate surface area is 150 Å². The first-order valence-electron chi connectivity index (χ1n) is 7.72. The van der Waals surface area contributed by atoms with Crippen LogP contribution in [0.3, 0.4) is 0 Å². The Morgan fingerprint density at radius 1 is 1.08 bits per heavy atom. The zero-order valence-electron chi connectivity index (χ0n) is 13.9. The van der Waals surface area contributed by atoms with E-state index in [0.717, 1.165) is 11.4 Å². The van der Waals surface area contributed by atoms with Crippen molar-refractivity contribution >= 4 is 23.1 Å². The molecule has 0 aliphatic carbocycles. The van der Waals surface area contributed by atoms with E-state index in [1.54, 1.807) is 31.4 Å². The molecular weight excluding hydrogens is 330 g/mol. The third-order valence-electron chi connectivity index (χ3n) is 3.50. The van der Waals surface area contributed by atoms with E-state index in [2.05, 4.69) is 20.6 Å². The Kier molecular flexibility index (Phi) is 5.05. The molecule has 1 aromatic heterocycles. The van der Waals surface area contributed by atoms with Crippen molar-refractivity contribution in [2.24, 2.45) is 0 Å². The van der Waals surface area contributed by atoms with Crippen molar-refractivity contribution in [3.8, 4) is 11.8 Å². The van der Waals surface area contributed by atoms with Gasteiger partial charge in [0.05, 0.1) is 31.1 Å². The SMILES string of the molecule is COc1cccc(Nc2cnc(C(=O)Nc3ccc(C#N)cc3)cn2)c1. The number of hydrogen-bond acceptors (Lipinski definition) is 6. The molecule has 2 N–H and O–H groups in total. The second-order valence-corrected chi connectivity index (χ2v) is 5.29. The van der Waals surface area contributed by atoms with Gasteiger partial charge in [-0.25, -0.2) is 9.97 Å². The molecule has 1 heterocycles. The highest BCUT2D eigenvalue weighted by molar-refractivity contribution is 6.02. The molecule has 0 radical (unpaired) electrons. The molecule has 3 rings (SSSR count). The van der Waals surface area contributed by atoms with E-state index in [1.807, 2.05) is 30.3 Å². The Bertz CT molecular complexity index is 947. The number of ether oxygens (including phenoxy) is 1. The minimum Gasteiger partial charge on any atom is -0.497 e. The fourth-order valence-corrected chi connectivity index (χ4v) is 2.18. The van der Waals surface area contributed by atoms with Crippen LogP contribution >= 0.6 is 0 Å². The predicted octanol–water partition coefficient (Wildman–Crippen LogP) is 3.35. The minimum atomic E-state index is -0.380. The average molecular weight is 345 g/mol. The zero-order chi connectivity index (χ0) is 18.4. The van der Waals surface area contributed by atoms with Gasteiger partial charge in [0.1, 0.15) is 17.3 Å². The Morgan fingerprint density at radius 3 is 2.54 bits per heavy atom. The van der Waals surface area contributed by atoms with E-state index in [1.165, 1.54) is 12.4 Å². The van der Waals surface area contributed by atoms with E-state index < -0.39 is 0 Å². The number of anilines is 3. The third kappa shape index (κ3) is 4.13. The molecule has 0 bridgehead atoms. The highest BCUT2D eigenvalue weighted by atomic mass is 16.5. The number of carbonyl (C=O) groups is 1. The van der Waals surface area contributed by atoms with Crippen LogP contribution in [0.2, 0.25) is 0 Å². The first-order chi connectivity index (χ1) is 12.7. The average Bonchev–Trinajstić information content (AvgIpc) is 2.69. The molecular formula is C19H15N5O2. The van der Waals surface area contributed by atoms with Gasteiger partial charge in [0.2, 0.25) is 0 Å². The summed E-state index contributed by atoms with van der Waals surface area (Å²) >= 11 is 0. The molecule has 0 saturated carbocycles. The van der Waals surface area contributed by atoms with E-state index in [4.69, 9.17) is 10.00 Å². The van der Waals surface area contributed by atoms with E-state index in [-0.39, 0.29) is 11.6 Å². The van der Waals surface area contributed by atoms with Crippen LogP contribution in [0.25, 0.3) is 0 Å². The molecule has 3 aromatic rings. The maximum absolute atomic E-state index is 12.2. The van der Waals surface area contributed by atoms with Gasteiger partial charge in [-0.2, -0.15) is 5.26 Å². The second-order valence-electron chi connectivity index (χ2n) is 5.29. The summed E-state index contributed by atoms with van der Waals surface area (Å²) in [5.41, 5.74) is 2.09. The molecule has 0 unspecified atom stereocenters. The van der Waals surface area contributed by atoms with Crippen molar-refractivity contribution in [1.29, 1.82) is 5.26 Å². The normalized spacial score (nSPS) is 9.85. The molecule has 0 atom stereocenters. The highest BCUT2D eigenvalue weighted by Gasteiger charge is 2.09. The molecule has 0 aliphatic rings. The van der Waals surface area contributed by atoms with Gasteiger partial charge >= 0.3 is 0 Å². The number of methoxy groups -OCH3 is 1. The van der Waals surface area contributed by atoms with E-state index in [0.29, 0.717) is 17.1 Å². The van der Waals surface area contributed by atoms with Crippen LogP contribution in [-0.4, -0.2) is 23.0 Å². The number of carbonyl (C=O) groups excluding carboxylic acids is 1. The number of nitrogens with one attached hydrogen (secondary N) is 2. The van der Waals surface area contributed by atoms with Crippen LogP contribution in [0.15, 0.2) is 60.9 Å². The van der Waals surface area contributed by atoms with Gasteiger partial charge < -0.3 is 15.4 Å². The Balaban J connectivity index is 1.66. The van der Waals surface area contributed by atoms with Crippen molar-refractivity contribution in [3.63, 3.8) is 0 Å². The Hall–Kier alpha value is -3.92. The molecule has 1 amide bonds. The van der Waals surface area contributed by atoms with E-state index >= 15 is 0 Å². The predicted molar refractivity (Wildman–Crippen MR) is 97.4 cm³/mol. The van der Waals surface area contributed by atoms with Crippen LogP contribution in [-0.2, 0) is 0 Å². The van der Waals surface area contributed by atoms with E-state index in [9.17, 15) is 4.79 Å². The van der Waals surface area contributed by atoms with Gasteiger partial charge in [-0.3, -0.25) is 4.79 Å². The van der Waals surface area contributed by atoms with Gasteiger partial charge in [0.15, 0.2) is 0 Å². The van der Waals surface area contributed by atoms with Crippen molar-refractivity contribution < 1.29 is 9.53 Å². The van der Waals surface area contributed by atoms with Crippen LogP contribution in [0.4, 0.5) is 17.2 Å².